The molecule has 0 bridgehead atoms. The third-order valence-electron chi connectivity index (χ3n) is 4.12. The number of rotatable bonds is 0. The highest BCUT2D eigenvalue weighted by Crippen LogP contribution is 2.29. The highest BCUT2D eigenvalue weighted by atomic mass is 14.7. The molecule has 0 unspecified atom stereocenters. The zero-order chi connectivity index (χ0) is 13.7. The molecule has 0 aliphatic carbocycles. The molecule has 0 saturated heterocycles. The summed E-state index contributed by atoms with van der Waals surface area (Å²) < 4.78 is 0. The molecule has 0 saturated carbocycles. The van der Waals surface area contributed by atoms with Crippen LogP contribution in [0.5, 0.6) is 0 Å². The normalized spacial score (nSPS) is 11.5. The molecule has 0 fully saturated rings. The Kier molecular flexibility index (Phi) is 2.31. The predicted octanol–water partition coefficient (Wildman–Crippen LogP) is 5.16. The van der Waals surface area contributed by atoms with E-state index >= 15 is 0 Å². The quantitative estimate of drug-likeness (QED) is 0.313. The molecule has 4 aromatic rings. The number of benzene rings is 3. The summed E-state index contributed by atoms with van der Waals surface area (Å²) in [5, 5.41) is 6.39. The van der Waals surface area contributed by atoms with Crippen molar-refractivity contribution < 1.29 is 0 Å². The van der Waals surface area contributed by atoms with E-state index in [-0.39, 0.29) is 0 Å². The SMILES string of the molecule is Cc1cc2c(ccc3cc4ccccc4cc32)nc1C. The van der Waals surface area contributed by atoms with Crippen LogP contribution in [-0.2, 0) is 0 Å². The van der Waals surface area contributed by atoms with Crippen LogP contribution in [0.1, 0.15) is 11.3 Å². The molecule has 0 spiro atoms. The molecule has 0 atom stereocenters. The van der Waals surface area contributed by atoms with Gasteiger partial charge in [0, 0.05) is 11.1 Å². The van der Waals surface area contributed by atoms with Gasteiger partial charge >= 0.3 is 0 Å². The average molecular weight is 257 g/mol. The van der Waals surface area contributed by atoms with Crippen molar-refractivity contribution in [1.29, 1.82) is 0 Å². The fourth-order valence-electron chi connectivity index (χ4n) is 2.86. The van der Waals surface area contributed by atoms with E-state index < -0.39 is 0 Å². The van der Waals surface area contributed by atoms with Crippen LogP contribution < -0.4 is 0 Å². The van der Waals surface area contributed by atoms with Crippen LogP contribution >= 0.6 is 0 Å². The molecule has 20 heavy (non-hydrogen) atoms. The number of fused-ring (bicyclic) bond motifs is 4. The van der Waals surface area contributed by atoms with Crippen LogP contribution in [0.15, 0.2) is 54.6 Å². The summed E-state index contributed by atoms with van der Waals surface area (Å²) >= 11 is 0. The molecule has 96 valence electrons. The molecule has 0 amide bonds. The average Bonchev–Trinajstić information content (AvgIpc) is 2.47. The van der Waals surface area contributed by atoms with Gasteiger partial charge in [0.25, 0.3) is 0 Å². The summed E-state index contributed by atoms with van der Waals surface area (Å²) in [5.41, 5.74) is 3.44. The summed E-state index contributed by atoms with van der Waals surface area (Å²) in [5.74, 6) is 0. The number of hydrogen-bond acceptors (Lipinski definition) is 1. The Bertz CT molecular complexity index is 967. The molecule has 1 nitrogen and oxygen atoms in total. The highest BCUT2D eigenvalue weighted by Gasteiger charge is 2.05. The predicted molar refractivity (Wildman–Crippen MR) is 86.2 cm³/mol. The molecule has 0 N–H and O–H groups in total. The van der Waals surface area contributed by atoms with E-state index in [1.807, 2.05) is 0 Å². The Labute approximate surface area is 117 Å². The van der Waals surface area contributed by atoms with Gasteiger partial charge in [0.2, 0.25) is 0 Å². The van der Waals surface area contributed by atoms with Gasteiger partial charge in [0.1, 0.15) is 0 Å². The maximum atomic E-state index is 4.71. The van der Waals surface area contributed by atoms with Crippen molar-refractivity contribution in [2.24, 2.45) is 0 Å². The first-order valence-electron chi connectivity index (χ1n) is 6.92. The minimum atomic E-state index is 1.08. The summed E-state index contributed by atoms with van der Waals surface area (Å²) in [6, 6.07) is 19.6. The van der Waals surface area contributed by atoms with Crippen LogP contribution in [-0.4, -0.2) is 4.98 Å². The van der Waals surface area contributed by atoms with E-state index in [2.05, 4.69) is 68.4 Å². The van der Waals surface area contributed by atoms with Crippen molar-refractivity contribution >= 4 is 32.4 Å². The topological polar surface area (TPSA) is 12.9 Å². The van der Waals surface area contributed by atoms with Gasteiger partial charge in [0.15, 0.2) is 0 Å². The van der Waals surface area contributed by atoms with Crippen LogP contribution in [0.4, 0.5) is 0 Å². The first kappa shape index (κ1) is 11.4. The van der Waals surface area contributed by atoms with E-state index in [1.165, 1.54) is 32.5 Å². The van der Waals surface area contributed by atoms with Gasteiger partial charge < -0.3 is 0 Å². The van der Waals surface area contributed by atoms with Gasteiger partial charge in [-0.3, -0.25) is 4.98 Å². The second-order valence-corrected chi connectivity index (χ2v) is 5.44. The summed E-state index contributed by atoms with van der Waals surface area (Å²) in [6.45, 7) is 4.20. The third-order valence-corrected chi connectivity index (χ3v) is 4.12. The Morgan fingerprint density at radius 2 is 1.45 bits per heavy atom. The van der Waals surface area contributed by atoms with Gasteiger partial charge in [-0.25, -0.2) is 0 Å². The van der Waals surface area contributed by atoms with Crippen LogP contribution in [0.3, 0.4) is 0 Å². The Hall–Kier alpha value is -2.41. The third kappa shape index (κ3) is 1.60. The largest absolute Gasteiger partial charge is 0.253 e. The van der Waals surface area contributed by atoms with Crippen molar-refractivity contribution in [3.63, 3.8) is 0 Å². The number of nitrogens with zero attached hydrogens (tertiary/aromatic N) is 1. The van der Waals surface area contributed by atoms with Crippen molar-refractivity contribution in [1.82, 2.24) is 4.98 Å². The molecule has 0 aliphatic heterocycles. The lowest BCUT2D eigenvalue weighted by Crippen LogP contribution is -1.89. The van der Waals surface area contributed by atoms with Gasteiger partial charge in [-0.15, -0.1) is 0 Å². The van der Waals surface area contributed by atoms with Gasteiger partial charge in [-0.05, 0) is 65.2 Å². The number of hydrogen-bond donors (Lipinski definition) is 0. The smallest absolute Gasteiger partial charge is 0.0711 e. The molecule has 1 heterocycles. The van der Waals surface area contributed by atoms with Crippen LogP contribution in [0, 0.1) is 13.8 Å². The van der Waals surface area contributed by atoms with Crippen molar-refractivity contribution in [2.45, 2.75) is 13.8 Å². The summed E-state index contributed by atoms with van der Waals surface area (Å²) in [6.07, 6.45) is 0. The Balaban J connectivity index is 2.22. The molecule has 1 aromatic heterocycles. The Morgan fingerprint density at radius 1 is 0.700 bits per heavy atom. The monoisotopic (exact) mass is 257 g/mol. The lowest BCUT2D eigenvalue weighted by atomic mass is 9.99. The molecular formula is C19H15N. The van der Waals surface area contributed by atoms with E-state index in [4.69, 9.17) is 4.98 Å². The standard InChI is InChI=1S/C19H15N/c1-12-9-18-17-11-15-6-4-3-5-14(15)10-16(17)7-8-19(18)20-13(12)2/h3-11H,1-2H3. The lowest BCUT2D eigenvalue weighted by molar-refractivity contribution is 1.20. The van der Waals surface area contributed by atoms with E-state index in [9.17, 15) is 0 Å². The van der Waals surface area contributed by atoms with E-state index in [0.717, 1.165) is 11.2 Å². The lowest BCUT2D eigenvalue weighted by Gasteiger charge is -2.08. The minimum Gasteiger partial charge on any atom is -0.253 e. The maximum absolute atomic E-state index is 4.71. The van der Waals surface area contributed by atoms with Gasteiger partial charge in [0.05, 0.1) is 5.52 Å². The molecule has 0 aliphatic rings. The first-order valence-corrected chi connectivity index (χ1v) is 6.92. The highest BCUT2D eigenvalue weighted by molar-refractivity contribution is 6.11. The van der Waals surface area contributed by atoms with Crippen molar-refractivity contribution in [3.05, 3.63) is 65.9 Å². The summed E-state index contributed by atoms with van der Waals surface area (Å²) in [7, 11) is 0. The minimum absolute atomic E-state index is 1.08. The van der Waals surface area contributed by atoms with Crippen LogP contribution in [0.2, 0.25) is 0 Å². The molecule has 0 radical (unpaired) electrons. The van der Waals surface area contributed by atoms with Crippen molar-refractivity contribution in [3.8, 4) is 0 Å². The second kappa shape index (κ2) is 4.04. The van der Waals surface area contributed by atoms with Crippen LogP contribution in [0.25, 0.3) is 32.4 Å². The molecule has 3 aromatic carbocycles. The number of aryl methyl sites for hydroxylation is 2. The summed E-state index contributed by atoms with van der Waals surface area (Å²) in [4.78, 5) is 4.71. The van der Waals surface area contributed by atoms with E-state index in [1.54, 1.807) is 0 Å². The van der Waals surface area contributed by atoms with Gasteiger partial charge in [-0.2, -0.15) is 0 Å². The zero-order valence-electron chi connectivity index (χ0n) is 11.6. The second-order valence-electron chi connectivity index (χ2n) is 5.44. The molecular weight excluding hydrogens is 242 g/mol. The van der Waals surface area contributed by atoms with Gasteiger partial charge in [-0.1, -0.05) is 30.3 Å². The number of pyridine rings is 1. The fraction of sp³-hybridized carbons (Fsp3) is 0.105. The maximum Gasteiger partial charge on any atom is 0.0711 e. The van der Waals surface area contributed by atoms with Crippen molar-refractivity contribution in [2.75, 3.05) is 0 Å². The number of aromatic nitrogens is 1. The molecule has 1 heteroatoms. The Morgan fingerprint density at radius 3 is 2.25 bits per heavy atom. The zero-order valence-corrected chi connectivity index (χ0v) is 11.6. The van der Waals surface area contributed by atoms with E-state index in [0.29, 0.717) is 0 Å². The molecule has 4 rings (SSSR count). The fourth-order valence-corrected chi connectivity index (χ4v) is 2.86. The first-order chi connectivity index (χ1) is 9.72.